The number of aromatic nitrogens is 2. The zero-order valence-electron chi connectivity index (χ0n) is 11.9. The molecule has 18 heavy (non-hydrogen) atoms. The van der Waals surface area contributed by atoms with Crippen molar-refractivity contribution in [3.05, 3.63) is 17.5 Å². The molecule has 0 bridgehead atoms. The van der Waals surface area contributed by atoms with Crippen molar-refractivity contribution in [2.24, 2.45) is 5.92 Å². The first-order chi connectivity index (χ1) is 8.79. The standard InChI is InChI=1S/C15H27N3/c1-3-18-15(11-13(2)17-18)12-16-10-6-9-14-7-4-5-8-14/h11,14,16H,3-10,12H2,1-2H3. The van der Waals surface area contributed by atoms with Gasteiger partial charge in [0.1, 0.15) is 0 Å². The highest BCUT2D eigenvalue weighted by molar-refractivity contribution is 5.08. The SMILES string of the molecule is CCn1nc(C)cc1CNCCCC1CCCC1. The number of aryl methyl sites for hydroxylation is 2. The third kappa shape index (κ3) is 3.84. The van der Waals surface area contributed by atoms with E-state index >= 15 is 0 Å². The van der Waals surface area contributed by atoms with Crippen LogP contribution >= 0.6 is 0 Å². The van der Waals surface area contributed by atoms with Crippen LogP contribution in [0.2, 0.25) is 0 Å². The van der Waals surface area contributed by atoms with Gasteiger partial charge in [0.25, 0.3) is 0 Å². The topological polar surface area (TPSA) is 29.9 Å². The van der Waals surface area contributed by atoms with Crippen molar-refractivity contribution < 1.29 is 0 Å². The molecular weight excluding hydrogens is 222 g/mol. The zero-order chi connectivity index (χ0) is 12.8. The maximum atomic E-state index is 4.47. The summed E-state index contributed by atoms with van der Waals surface area (Å²) in [7, 11) is 0. The predicted molar refractivity (Wildman–Crippen MR) is 75.5 cm³/mol. The average Bonchev–Trinajstić information content (AvgIpc) is 2.98. The van der Waals surface area contributed by atoms with E-state index in [4.69, 9.17) is 0 Å². The molecule has 0 aliphatic heterocycles. The van der Waals surface area contributed by atoms with Gasteiger partial charge in [0, 0.05) is 13.1 Å². The maximum Gasteiger partial charge on any atom is 0.0597 e. The van der Waals surface area contributed by atoms with E-state index in [-0.39, 0.29) is 0 Å². The van der Waals surface area contributed by atoms with Crippen molar-refractivity contribution in [1.29, 1.82) is 0 Å². The quantitative estimate of drug-likeness (QED) is 0.752. The number of rotatable bonds is 7. The first-order valence-electron chi connectivity index (χ1n) is 7.53. The van der Waals surface area contributed by atoms with Crippen molar-refractivity contribution in [2.75, 3.05) is 6.54 Å². The summed E-state index contributed by atoms with van der Waals surface area (Å²) in [5.74, 6) is 1.02. The van der Waals surface area contributed by atoms with Gasteiger partial charge in [-0.25, -0.2) is 0 Å². The van der Waals surface area contributed by atoms with Crippen LogP contribution in [0.15, 0.2) is 6.07 Å². The summed E-state index contributed by atoms with van der Waals surface area (Å²) < 4.78 is 2.10. The van der Waals surface area contributed by atoms with Gasteiger partial charge < -0.3 is 5.32 Å². The highest BCUT2D eigenvalue weighted by Gasteiger charge is 2.13. The van der Waals surface area contributed by atoms with Crippen molar-refractivity contribution in [2.45, 2.75) is 65.5 Å². The Morgan fingerprint density at radius 3 is 2.89 bits per heavy atom. The van der Waals surface area contributed by atoms with Crippen LogP contribution in [0.1, 0.15) is 56.8 Å². The molecule has 1 fully saturated rings. The Labute approximate surface area is 111 Å². The first-order valence-corrected chi connectivity index (χ1v) is 7.53. The second-order valence-electron chi connectivity index (χ2n) is 5.56. The monoisotopic (exact) mass is 249 g/mol. The fourth-order valence-electron chi connectivity index (χ4n) is 3.05. The molecule has 0 saturated heterocycles. The minimum Gasteiger partial charge on any atom is -0.311 e. The van der Waals surface area contributed by atoms with Gasteiger partial charge in [-0.2, -0.15) is 5.10 Å². The van der Waals surface area contributed by atoms with E-state index < -0.39 is 0 Å². The van der Waals surface area contributed by atoms with Gasteiger partial charge in [-0.05, 0) is 45.2 Å². The van der Waals surface area contributed by atoms with Crippen LogP contribution in [0.25, 0.3) is 0 Å². The Morgan fingerprint density at radius 2 is 2.17 bits per heavy atom. The molecule has 2 rings (SSSR count). The second kappa shape index (κ2) is 6.93. The molecule has 0 radical (unpaired) electrons. The lowest BCUT2D eigenvalue weighted by molar-refractivity contribution is 0.467. The molecule has 0 atom stereocenters. The highest BCUT2D eigenvalue weighted by atomic mass is 15.3. The van der Waals surface area contributed by atoms with Crippen LogP contribution in [-0.2, 0) is 13.1 Å². The normalized spacial score (nSPS) is 16.6. The van der Waals surface area contributed by atoms with Crippen LogP contribution < -0.4 is 5.32 Å². The van der Waals surface area contributed by atoms with Gasteiger partial charge in [-0.15, -0.1) is 0 Å². The lowest BCUT2D eigenvalue weighted by Crippen LogP contribution is -2.18. The summed E-state index contributed by atoms with van der Waals surface area (Å²) in [6.07, 6.45) is 8.62. The maximum absolute atomic E-state index is 4.47. The van der Waals surface area contributed by atoms with Crippen LogP contribution in [0, 0.1) is 12.8 Å². The molecule has 0 amide bonds. The number of nitrogens with zero attached hydrogens (tertiary/aromatic N) is 2. The van der Waals surface area contributed by atoms with Gasteiger partial charge in [-0.1, -0.05) is 25.7 Å². The van der Waals surface area contributed by atoms with E-state index in [1.807, 2.05) is 0 Å². The van der Waals surface area contributed by atoms with Gasteiger partial charge >= 0.3 is 0 Å². The molecule has 1 heterocycles. The van der Waals surface area contributed by atoms with E-state index in [2.05, 4.69) is 35.0 Å². The fraction of sp³-hybridized carbons (Fsp3) is 0.800. The lowest BCUT2D eigenvalue weighted by Gasteiger charge is -2.09. The van der Waals surface area contributed by atoms with Gasteiger partial charge in [0.05, 0.1) is 11.4 Å². The second-order valence-corrected chi connectivity index (χ2v) is 5.56. The number of hydrogen-bond donors (Lipinski definition) is 1. The Kier molecular flexibility index (Phi) is 5.24. The Balaban J connectivity index is 1.62. The van der Waals surface area contributed by atoms with Gasteiger partial charge in [-0.3, -0.25) is 4.68 Å². The van der Waals surface area contributed by atoms with E-state index in [0.29, 0.717) is 0 Å². The molecule has 0 aromatic carbocycles. The number of nitrogens with one attached hydrogen (secondary N) is 1. The van der Waals surface area contributed by atoms with Crippen LogP contribution in [0.5, 0.6) is 0 Å². The van der Waals surface area contributed by atoms with Crippen molar-refractivity contribution in [3.8, 4) is 0 Å². The van der Waals surface area contributed by atoms with Gasteiger partial charge in [0.2, 0.25) is 0 Å². The third-order valence-corrected chi connectivity index (χ3v) is 4.03. The summed E-state index contributed by atoms with van der Waals surface area (Å²) in [4.78, 5) is 0. The Hall–Kier alpha value is -0.830. The van der Waals surface area contributed by atoms with E-state index in [1.54, 1.807) is 0 Å². The molecule has 1 aliphatic rings. The fourth-order valence-corrected chi connectivity index (χ4v) is 3.05. The molecule has 1 N–H and O–H groups in total. The molecule has 3 nitrogen and oxygen atoms in total. The largest absolute Gasteiger partial charge is 0.311 e. The first kappa shape index (κ1) is 13.6. The summed E-state index contributed by atoms with van der Waals surface area (Å²) >= 11 is 0. The van der Waals surface area contributed by atoms with E-state index in [0.717, 1.165) is 31.2 Å². The van der Waals surface area contributed by atoms with Crippen LogP contribution in [0.4, 0.5) is 0 Å². The Morgan fingerprint density at radius 1 is 1.39 bits per heavy atom. The molecular formula is C15H27N3. The molecule has 3 heteroatoms. The van der Waals surface area contributed by atoms with Crippen LogP contribution in [-0.4, -0.2) is 16.3 Å². The third-order valence-electron chi connectivity index (χ3n) is 4.03. The van der Waals surface area contributed by atoms with Crippen LogP contribution in [0.3, 0.4) is 0 Å². The van der Waals surface area contributed by atoms with Crippen molar-refractivity contribution in [3.63, 3.8) is 0 Å². The Bertz CT molecular complexity index is 351. The summed E-state index contributed by atoms with van der Waals surface area (Å²) in [5, 5.41) is 8.02. The molecule has 1 saturated carbocycles. The highest BCUT2D eigenvalue weighted by Crippen LogP contribution is 2.28. The van der Waals surface area contributed by atoms with Crippen molar-refractivity contribution in [1.82, 2.24) is 15.1 Å². The smallest absolute Gasteiger partial charge is 0.0597 e. The predicted octanol–water partition coefficient (Wildman–Crippen LogP) is 3.27. The molecule has 0 unspecified atom stereocenters. The average molecular weight is 249 g/mol. The minimum absolute atomic E-state index is 0.958. The van der Waals surface area contributed by atoms with E-state index in [9.17, 15) is 0 Å². The summed E-state index contributed by atoms with van der Waals surface area (Å²) in [6, 6.07) is 2.19. The van der Waals surface area contributed by atoms with E-state index in [1.165, 1.54) is 44.2 Å². The summed E-state index contributed by atoms with van der Waals surface area (Å²) in [6.45, 7) is 7.28. The minimum atomic E-state index is 0.958. The zero-order valence-corrected chi connectivity index (χ0v) is 11.9. The molecule has 102 valence electrons. The molecule has 1 aliphatic carbocycles. The molecule has 1 aromatic rings. The lowest BCUT2D eigenvalue weighted by atomic mass is 10.0. The van der Waals surface area contributed by atoms with Crippen molar-refractivity contribution >= 4 is 0 Å². The molecule has 0 spiro atoms. The number of hydrogen-bond acceptors (Lipinski definition) is 2. The summed E-state index contributed by atoms with van der Waals surface area (Å²) in [5.41, 5.74) is 2.44. The van der Waals surface area contributed by atoms with Gasteiger partial charge in [0.15, 0.2) is 0 Å². The molecule has 1 aromatic heterocycles.